The average Bonchev–Trinajstić information content (AvgIpc) is 2.83. The van der Waals surface area contributed by atoms with Crippen LogP contribution in [-0.4, -0.2) is 16.7 Å². The van der Waals surface area contributed by atoms with Crippen molar-refractivity contribution in [1.82, 2.24) is 10.1 Å². The first kappa shape index (κ1) is 14.1. The predicted molar refractivity (Wildman–Crippen MR) is 74.2 cm³/mol. The Bertz CT molecular complexity index is 586. The number of ether oxygens (including phenoxy) is 1. The van der Waals surface area contributed by atoms with Crippen molar-refractivity contribution in [2.75, 3.05) is 12.3 Å². The normalized spacial score (nSPS) is 12.6. The van der Waals surface area contributed by atoms with Crippen LogP contribution in [-0.2, 0) is 4.74 Å². The maximum Gasteiger partial charge on any atom is 0.260 e. The largest absolute Gasteiger partial charge is 0.397 e. The number of anilines is 1. The molecule has 2 aromatic rings. The van der Waals surface area contributed by atoms with Gasteiger partial charge in [-0.3, -0.25) is 0 Å². The number of hydrogen-bond donors (Lipinski definition) is 1. The first-order valence-electron chi connectivity index (χ1n) is 5.73. The number of nitrogens with zero attached hydrogens (tertiary/aromatic N) is 2. The minimum atomic E-state index is -0.251. The van der Waals surface area contributed by atoms with Gasteiger partial charge in [0, 0.05) is 11.6 Å². The Balaban J connectivity index is 2.38. The lowest BCUT2D eigenvalue weighted by Gasteiger charge is -2.05. The standard InChI is InChI=1S/C12H13Cl2N3O2/c1-3-18-6(2)11-16-12(19-17-11)8-4-7(13)5-9(14)10(8)15/h4-6H,3,15H2,1-2H3. The SMILES string of the molecule is CCOC(C)c1noc(-c2cc(Cl)cc(Cl)c2N)n1. The molecule has 0 saturated carbocycles. The summed E-state index contributed by atoms with van der Waals surface area (Å²) in [5, 5.41) is 4.66. The lowest BCUT2D eigenvalue weighted by molar-refractivity contribution is 0.0683. The zero-order valence-electron chi connectivity index (χ0n) is 10.5. The van der Waals surface area contributed by atoms with Gasteiger partial charge in [0.15, 0.2) is 0 Å². The molecule has 0 fully saturated rings. The van der Waals surface area contributed by atoms with Gasteiger partial charge in [0.25, 0.3) is 5.89 Å². The lowest BCUT2D eigenvalue weighted by Crippen LogP contribution is -2.01. The van der Waals surface area contributed by atoms with E-state index in [0.29, 0.717) is 33.7 Å². The molecule has 0 saturated heterocycles. The molecule has 19 heavy (non-hydrogen) atoms. The zero-order chi connectivity index (χ0) is 14.0. The second-order valence-corrected chi connectivity index (χ2v) is 4.75. The molecule has 0 amide bonds. The summed E-state index contributed by atoms with van der Waals surface area (Å²) >= 11 is 11.9. The number of halogens is 2. The maximum atomic E-state index is 5.96. The summed E-state index contributed by atoms with van der Waals surface area (Å²) in [4.78, 5) is 4.24. The van der Waals surface area contributed by atoms with E-state index in [4.69, 9.17) is 38.2 Å². The quantitative estimate of drug-likeness (QED) is 0.871. The third-order valence-corrected chi connectivity index (χ3v) is 3.08. The minimum Gasteiger partial charge on any atom is -0.397 e. The number of rotatable bonds is 4. The molecular weight excluding hydrogens is 289 g/mol. The predicted octanol–water partition coefficient (Wildman–Crippen LogP) is 3.72. The molecule has 102 valence electrons. The van der Waals surface area contributed by atoms with Crippen LogP contribution in [0.2, 0.25) is 10.0 Å². The van der Waals surface area contributed by atoms with Gasteiger partial charge in [-0.1, -0.05) is 28.4 Å². The highest BCUT2D eigenvalue weighted by molar-refractivity contribution is 6.37. The van der Waals surface area contributed by atoms with Crippen LogP contribution in [0.4, 0.5) is 5.69 Å². The summed E-state index contributed by atoms with van der Waals surface area (Å²) in [6.45, 7) is 4.30. The maximum absolute atomic E-state index is 5.96. The number of benzene rings is 1. The molecule has 0 radical (unpaired) electrons. The molecule has 0 spiro atoms. The van der Waals surface area contributed by atoms with Gasteiger partial charge in [-0.15, -0.1) is 0 Å². The third kappa shape index (κ3) is 3.00. The van der Waals surface area contributed by atoms with Gasteiger partial charge in [0.1, 0.15) is 6.10 Å². The summed E-state index contributed by atoms with van der Waals surface area (Å²) in [6.07, 6.45) is -0.251. The highest BCUT2D eigenvalue weighted by Crippen LogP contribution is 2.34. The minimum absolute atomic E-state index is 0.251. The Morgan fingerprint density at radius 2 is 2.16 bits per heavy atom. The molecule has 1 atom stereocenters. The second-order valence-electron chi connectivity index (χ2n) is 3.90. The van der Waals surface area contributed by atoms with Crippen LogP contribution < -0.4 is 5.73 Å². The van der Waals surface area contributed by atoms with Crippen LogP contribution in [0.5, 0.6) is 0 Å². The molecule has 2 rings (SSSR count). The highest BCUT2D eigenvalue weighted by atomic mass is 35.5. The van der Waals surface area contributed by atoms with Crippen molar-refractivity contribution in [2.45, 2.75) is 20.0 Å². The van der Waals surface area contributed by atoms with E-state index >= 15 is 0 Å². The van der Waals surface area contributed by atoms with E-state index in [1.165, 1.54) is 0 Å². The summed E-state index contributed by atoms with van der Waals surface area (Å²) in [5.41, 5.74) is 6.74. The Kier molecular flexibility index (Phi) is 4.29. The summed E-state index contributed by atoms with van der Waals surface area (Å²) in [5.74, 6) is 0.718. The van der Waals surface area contributed by atoms with Gasteiger partial charge in [-0.25, -0.2) is 0 Å². The molecule has 7 heteroatoms. The fraction of sp³-hybridized carbons (Fsp3) is 0.333. The molecule has 1 unspecified atom stereocenters. The van der Waals surface area contributed by atoms with Crippen LogP contribution in [0.1, 0.15) is 25.8 Å². The van der Waals surface area contributed by atoms with Crippen LogP contribution in [0.3, 0.4) is 0 Å². The van der Waals surface area contributed by atoms with Crippen molar-refractivity contribution >= 4 is 28.9 Å². The summed E-state index contributed by atoms with van der Waals surface area (Å²) in [6, 6.07) is 3.19. The number of nitrogen functional groups attached to an aromatic ring is 1. The van der Waals surface area contributed by atoms with E-state index < -0.39 is 0 Å². The second kappa shape index (κ2) is 5.77. The van der Waals surface area contributed by atoms with Gasteiger partial charge >= 0.3 is 0 Å². The van der Waals surface area contributed by atoms with E-state index in [-0.39, 0.29) is 12.0 Å². The fourth-order valence-corrected chi connectivity index (χ4v) is 2.09. The molecule has 0 aliphatic rings. The van der Waals surface area contributed by atoms with E-state index in [1.54, 1.807) is 12.1 Å². The Labute approximate surface area is 120 Å². The number of nitrogens with two attached hydrogens (primary N) is 1. The molecule has 1 aromatic carbocycles. The van der Waals surface area contributed by atoms with Crippen LogP contribution in [0, 0.1) is 0 Å². The summed E-state index contributed by atoms with van der Waals surface area (Å²) in [7, 11) is 0. The van der Waals surface area contributed by atoms with Crippen molar-refractivity contribution in [3.8, 4) is 11.5 Å². The summed E-state index contributed by atoms with van der Waals surface area (Å²) < 4.78 is 10.6. The third-order valence-electron chi connectivity index (χ3n) is 2.55. The van der Waals surface area contributed by atoms with Gasteiger partial charge in [-0.05, 0) is 26.0 Å². The fourth-order valence-electron chi connectivity index (χ4n) is 1.60. The van der Waals surface area contributed by atoms with Crippen molar-refractivity contribution in [3.63, 3.8) is 0 Å². The zero-order valence-corrected chi connectivity index (χ0v) is 12.0. The molecule has 1 aromatic heterocycles. The Morgan fingerprint density at radius 1 is 1.42 bits per heavy atom. The molecule has 2 N–H and O–H groups in total. The Hall–Kier alpha value is -1.30. The van der Waals surface area contributed by atoms with E-state index in [9.17, 15) is 0 Å². The highest BCUT2D eigenvalue weighted by Gasteiger charge is 2.18. The smallest absolute Gasteiger partial charge is 0.260 e. The van der Waals surface area contributed by atoms with Crippen LogP contribution >= 0.6 is 23.2 Å². The van der Waals surface area contributed by atoms with Crippen LogP contribution in [0.25, 0.3) is 11.5 Å². The van der Waals surface area contributed by atoms with Crippen LogP contribution in [0.15, 0.2) is 16.7 Å². The first-order chi connectivity index (χ1) is 9.02. The Morgan fingerprint density at radius 3 is 2.84 bits per heavy atom. The molecule has 0 aliphatic carbocycles. The molecular formula is C12H13Cl2N3O2. The molecule has 0 bridgehead atoms. The monoisotopic (exact) mass is 301 g/mol. The van der Waals surface area contributed by atoms with Crippen molar-refractivity contribution in [2.24, 2.45) is 0 Å². The number of aromatic nitrogens is 2. The van der Waals surface area contributed by atoms with Crippen molar-refractivity contribution in [1.29, 1.82) is 0 Å². The molecule has 1 heterocycles. The van der Waals surface area contributed by atoms with Gasteiger partial charge < -0.3 is 15.0 Å². The van der Waals surface area contributed by atoms with Crippen molar-refractivity contribution in [3.05, 3.63) is 28.0 Å². The molecule has 0 aliphatic heterocycles. The molecule has 5 nitrogen and oxygen atoms in total. The van der Waals surface area contributed by atoms with Gasteiger partial charge in [0.2, 0.25) is 5.82 Å². The van der Waals surface area contributed by atoms with Gasteiger partial charge in [-0.2, -0.15) is 4.98 Å². The lowest BCUT2D eigenvalue weighted by atomic mass is 10.2. The first-order valence-corrected chi connectivity index (χ1v) is 6.48. The van der Waals surface area contributed by atoms with Crippen molar-refractivity contribution < 1.29 is 9.26 Å². The van der Waals surface area contributed by atoms with E-state index in [0.717, 1.165) is 0 Å². The topological polar surface area (TPSA) is 74.2 Å². The number of hydrogen-bond acceptors (Lipinski definition) is 5. The van der Waals surface area contributed by atoms with Gasteiger partial charge in [0.05, 0.1) is 16.3 Å². The van der Waals surface area contributed by atoms with E-state index in [2.05, 4.69) is 10.1 Å². The van der Waals surface area contributed by atoms with E-state index in [1.807, 2.05) is 13.8 Å². The average molecular weight is 302 g/mol.